The van der Waals surface area contributed by atoms with Gasteiger partial charge < -0.3 is 15.1 Å². The normalized spacial score (nSPS) is 23.1. The molecule has 0 aromatic heterocycles. The fraction of sp³-hybridized carbons (Fsp3) is 0.667. The standard InChI is InChI=1S/C21H35N5.HI/c1-4-22-21(23-16-18(2)25-14-12-24(3)13-15-25)26-11-10-20(17-26)19-8-6-5-7-9-19;/h5-9,18,20H,4,10-17H2,1-3H3,(H,22,23);1H. The zero-order valence-electron chi connectivity index (χ0n) is 17.1. The minimum absolute atomic E-state index is 0. The predicted octanol–water partition coefficient (Wildman–Crippen LogP) is 2.70. The molecule has 0 aliphatic carbocycles. The van der Waals surface area contributed by atoms with Crippen LogP contribution < -0.4 is 5.32 Å². The van der Waals surface area contributed by atoms with Crippen LogP contribution in [0.1, 0.15) is 31.7 Å². The molecule has 0 radical (unpaired) electrons. The second-order valence-electron chi connectivity index (χ2n) is 7.73. The fourth-order valence-corrected chi connectivity index (χ4v) is 3.97. The van der Waals surface area contributed by atoms with Crippen molar-refractivity contribution in [1.82, 2.24) is 20.0 Å². The Morgan fingerprint density at radius 2 is 1.85 bits per heavy atom. The zero-order chi connectivity index (χ0) is 18.4. The molecule has 2 unspecified atom stereocenters. The van der Waals surface area contributed by atoms with Crippen LogP contribution in [0.2, 0.25) is 0 Å². The molecule has 2 heterocycles. The number of nitrogens with one attached hydrogen (secondary N) is 1. The van der Waals surface area contributed by atoms with Gasteiger partial charge >= 0.3 is 0 Å². The van der Waals surface area contributed by atoms with E-state index in [2.05, 4.69) is 71.2 Å². The summed E-state index contributed by atoms with van der Waals surface area (Å²) in [5, 5.41) is 3.51. The first-order valence-corrected chi connectivity index (χ1v) is 10.2. The van der Waals surface area contributed by atoms with Crippen LogP contribution in [0.25, 0.3) is 0 Å². The molecular weight excluding hydrogens is 449 g/mol. The van der Waals surface area contributed by atoms with E-state index in [-0.39, 0.29) is 24.0 Å². The van der Waals surface area contributed by atoms with E-state index in [0.29, 0.717) is 12.0 Å². The number of nitrogens with zero attached hydrogens (tertiary/aromatic N) is 4. The van der Waals surface area contributed by atoms with E-state index in [9.17, 15) is 0 Å². The van der Waals surface area contributed by atoms with Crippen LogP contribution in [0.3, 0.4) is 0 Å². The van der Waals surface area contributed by atoms with Gasteiger partial charge in [0.05, 0.1) is 6.54 Å². The average molecular weight is 485 g/mol. The van der Waals surface area contributed by atoms with Crippen molar-refractivity contribution in [2.75, 3.05) is 59.4 Å². The molecule has 3 rings (SSSR count). The number of halogens is 1. The SMILES string of the molecule is CCNC(=NCC(C)N1CCN(C)CC1)N1CCC(c2ccccc2)C1.I. The van der Waals surface area contributed by atoms with E-state index in [1.165, 1.54) is 25.1 Å². The third-order valence-corrected chi connectivity index (χ3v) is 5.76. The van der Waals surface area contributed by atoms with E-state index in [0.717, 1.165) is 45.2 Å². The van der Waals surface area contributed by atoms with Gasteiger partial charge in [0.2, 0.25) is 0 Å². The van der Waals surface area contributed by atoms with Crippen LogP contribution in [0.15, 0.2) is 35.3 Å². The summed E-state index contributed by atoms with van der Waals surface area (Å²) in [4.78, 5) is 12.4. The Labute approximate surface area is 182 Å². The lowest BCUT2D eigenvalue weighted by atomic mass is 9.99. The summed E-state index contributed by atoms with van der Waals surface area (Å²) in [6.07, 6.45) is 1.21. The number of likely N-dealkylation sites (N-methyl/N-ethyl adjacent to an activating group) is 1. The van der Waals surface area contributed by atoms with Crippen molar-refractivity contribution in [2.24, 2.45) is 4.99 Å². The van der Waals surface area contributed by atoms with E-state index in [1.54, 1.807) is 0 Å². The molecule has 2 atom stereocenters. The van der Waals surface area contributed by atoms with Crippen LogP contribution in [-0.4, -0.2) is 86.1 Å². The lowest BCUT2D eigenvalue weighted by Crippen LogP contribution is -2.49. The highest BCUT2D eigenvalue weighted by atomic mass is 127. The van der Waals surface area contributed by atoms with Crippen molar-refractivity contribution >= 4 is 29.9 Å². The molecule has 1 aromatic rings. The summed E-state index contributed by atoms with van der Waals surface area (Å²) in [6.45, 7) is 13.1. The monoisotopic (exact) mass is 485 g/mol. The number of benzene rings is 1. The lowest BCUT2D eigenvalue weighted by Gasteiger charge is -2.36. The van der Waals surface area contributed by atoms with Crippen molar-refractivity contribution in [2.45, 2.75) is 32.2 Å². The van der Waals surface area contributed by atoms with Gasteiger partial charge in [-0.1, -0.05) is 30.3 Å². The maximum Gasteiger partial charge on any atom is 0.193 e. The Morgan fingerprint density at radius 3 is 2.52 bits per heavy atom. The maximum absolute atomic E-state index is 4.99. The topological polar surface area (TPSA) is 34.1 Å². The smallest absolute Gasteiger partial charge is 0.193 e. The van der Waals surface area contributed by atoms with Crippen LogP contribution in [0.5, 0.6) is 0 Å². The van der Waals surface area contributed by atoms with Crippen LogP contribution >= 0.6 is 24.0 Å². The molecule has 27 heavy (non-hydrogen) atoms. The molecule has 0 saturated carbocycles. The highest BCUT2D eigenvalue weighted by Crippen LogP contribution is 2.26. The van der Waals surface area contributed by atoms with Crippen molar-refractivity contribution in [3.05, 3.63) is 35.9 Å². The lowest BCUT2D eigenvalue weighted by molar-refractivity contribution is 0.122. The molecule has 1 aromatic carbocycles. The Bertz CT molecular complexity index is 571. The van der Waals surface area contributed by atoms with Gasteiger partial charge in [0.25, 0.3) is 0 Å². The number of hydrogen-bond acceptors (Lipinski definition) is 3. The Kier molecular flexibility index (Phi) is 9.32. The maximum atomic E-state index is 4.99. The third-order valence-electron chi connectivity index (χ3n) is 5.76. The molecule has 152 valence electrons. The molecule has 0 spiro atoms. The summed E-state index contributed by atoms with van der Waals surface area (Å²) in [5.74, 6) is 1.71. The third kappa shape index (κ3) is 6.32. The summed E-state index contributed by atoms with van der Waals surface area (Å²) < 4.78 is 0. The Morgan fingerprint density at radius 1 is 1.15 bits per heavy atom. The van der Waals surface area contributed by atoms with Gasteiger partial charge in [0.1, 0.15) is 0 Å². The first-order valence-electron chi connectivity index (χ1n) is 10.2. The summed E-state index contributed by atoms with van der Waals surface area (Å²) in [6, 6.07) is 11.4. The quantitative estimate of drug-likeness (QED) is 0.395. The Balaban J connectivity index is 0.00000261. The minimum Gasteiger partial charge on any atom is -0.357 e. The van der Waals surface area contributed by atoms with Gasteiger partial charge in [-0.2, -0.15) is 0 Å². The van der Waals surface area contributed by atoms with Crippen LogP contribution in [-0.2, 0) is 0 Å². The van der Waals surface area contributed by atoms with Crippen molar-refractivity contribution in [3.63, 3.8) is 0 Å². The minimum atomic E-state index is 0. The number of piperazine rings is 1. The van der Waals surface area contributed by atoms with Gasteiger partial charge in [-0.15, -0.1) is 24.0 Å². The number of likely N-dealkylation sites (tertiary alicyclic amines) is 1. The van der Waals surface area contributed by atoms with Gasteiger partial charge in [0, 0.05) is 57.8 Å². The second kappa shape index (κ2) is 11.2. The molecule has 5 nitrogen and oxygen atoms in total. The molecule has 2 aliphatic heterocycles. The van der Waals surface area contributed by atoms with Crippen molar-refractivity contribution < 1.29 is 0 Å². The van der Waals surface area contributed by atoms with Crippen LogP contribution in [0.4, 0.5) is 0 Å². The fourth-order valence-electron chi connectivity index (χ4n) is 3.97. The number of rotatable bonds is 5. The molecule has 0 bridgehead atoms. The molecule has 2 aliphatic rings. The first-order chi connectivity index (χ1) is 12.7. The van der Waals surface area contributed by atoms with Gasteiger partial charge in [-0.3, -0.25) is 9.89 Å². The highest BCUT2D eigenvalue weighted by molar-refractivity contribution is 14.0. The van der Waals surface area contributed by atoms with E-state index in [4.69, 9.17) is 4.99 Å². The predicted molar refractivity (Wildman–Crippen MR) is 125 cm³/mol. The average Bonchev–Trinajstić information content (AvgIpc) is 3.16. The summed E-state index contributed by atoms with van der Waals surface area (Å²) >= 11 is 0. The van der Waals surface area contributed by atoms with E-state index >= 15 is 0 Å². The zero-order valence-corrected chi connectivity index (χ0v) is 19.4. The van der Waals surface area contributed by atoms with E-state index < -0.39 is 0 Å². The first kappa shape index (κ1) is 22.4. The molecular formula is C21H36IN5. The van der Waals surface area contributed by atoms with Gasteiger partial charge in [0.15, 0.2) is 5.96 Å². The molecule has 0 amide bonds. The molecule has 1 N–H and O–H groups in total. The number of aliphatic imine (C=N–C) groups is 1. The summed E-state index contributed by atoms with van der Waals surface area (Å²) in [5.41, 5.74) is 1.46. The molecule has 2 fully saturated rings. The largest absolute Gasteiger partial charge is 0.357 e. The van der Waals surface area contributed by atoms with Gasteiger partial charge in [-0.25, -0.2) is 0 Å². The number of hydrogen-bond donors (Lipinski definition) is 1. The van der Waals surface area contributed by atoms with Crippen LogP contribution in [0, 0.1) is 0 Å². The van der Waals surface area contributed by atoms with Gasteiger partial charge in [-0.05, 0) is 32.9 Å². The van der Waals surface area contributed by atoms with Crippen molar-refractivity contribution in [1.29, 1.82) is 0 Å². The molecule has 6 heteroatoms. The summed E-state index contributed by atoms with van der Waals surface area (Å²) in [7, 11) is 2.21. The van der Waals surface area contributed by atoms with Crippen molar-refractivity contribution in [3.8, 4) is 0 Å². The van der Waals surface area contributed by atoms with E-state index in [1.807, 2.05) is 0 Å². The second-order valence-corrected chi connectivity index (χ2v) is 7.73. The number of guanidine groups is 1. The Hall–Kier alpha value is -0.860. The molecule has 2 saturated heterocycles. The highest BCUT2D eigenvalue weighted by Gasteiger charge is 2.26.